The van der Waals surface area contributed by atoms with Crippen molar-refractivity contribution in [2.24, 2.45) is 0 Å². The van der Waals surface area contributed by atoms with Gasteiger partial charge in [0.2, 0.25) is 11.8 Å². The van der Waals surface area contributed by atoms with Crippen molar-refractivity contribution in [2.75, 3.05) is 38.1 Å². The van der Waals surface area contributed by atoms with E-state index >= 15 is 0 Å². The fourth-order valence-electron chi connectivity index (χ4n) is 2.50. The smallest absolute Gasteiger partial charge is 0.234 e. The van der Waals surface area contributed by atoms with Crippen LogP contribution in [0.5, 0.6) is 11.5 Å². The molecule has 2 amide bonds. The summed E-state index contributed by atoms with van der Waals surface area (Å²) in [5, 5.41) is 2.82. The standard InChI is InChI=1S/C21H26N2O4S/c1-15-5-8-17(9-6-15)22-20(24)13-28-14-21(25)23(2)12-16-7-10-18(26-3)11-19(16)27-4/h5-11H,12-14H2,1-4H3,(H,22,24). The average molecular weight is 403 g/mol. The summed E-state index contributed by atoms with van der Waals surface area (Å²) in [6, 6.07) is 13.1. The number of hydrogen-bond donors (Lipinski definition) is 1. The van der Waals surface area contributed by atoms with Crippen LogP contribution in [0.1, 0.15) is 11.1 Å². The van der Waals surface area contributed by atoms with Crippen LogP contribution < -0.4 is 14.8 Å². The van der Waals surface area contributed by atoms with E-state index in [1.807, 2.05) is 43.3 Å². The van der Waals surface area contributed by atoms with Crippen molar-refractivity contribution in [1.82, 2.24) is 4.90 Å². The predicted octanol–water partition coefficient (Wildman–Crippen LogP) is 3.34. The van der Waals surface area contributed by atoms with Crippen LogP contribution in [0.2, 0.25) is 0 Å². The number of benzene rings is 2. The fraction of sp³-hybridized carbons (Fsp3) is 0.333. The lowest BCUT2D eigenvalue weighted by Crippen LogP contribution is -2.28. The molecular formula is C21H26N2O4S. The minimum Gasteiger partial charge on any atom is -0.497 e. The van der Waals surface area contributed by atoms with Crippen LogP contribution in [0.3, 0.4) is 0 Å². The molecule has 0 unspecified atom stereocenters. The molecule has 0 aromatic heterocycles. The number of carbonyl (C=O) groups excluding carboxylic acids is 2. The van der Waals surface area contributed by atoms with Gasteiger partial charge in [0, 0.05) is 30.9 Å². The molecule has 0 atom stereocenters. The van der Waals surface area contributed by atoms with E-state index in [1.54, 1.807) is 32.2 Å². The first kappa shape index (κ1) is 21.6. The third-order valence-electron chi connectivity index (χ3n) is 4.12. The molecule has 150 valence electrons. The van der Waals surface area contributed by atoms with Crippen LogP contribution in [0, 0.1) is 6.92 Å². The van der Waals surface area contributed by atoms with Crippen molar-refractivity contribution in [1.29, 1.82) is 0 Å². The summed E-state index contributed by atoms with van der Waals surface area (Å²) < 4.78 is 10.6. The number of hydrogen-bond acceptors (Lipinski definition) is 5. The van der Waals surface area contributed by atoms with Crippen LogP contribution in [-0.2, 0) is 16.1 Å². The Bertz CT molecular complexity index is 809. The zero-order chi connectivity index (χ0) is 20.5. The molecule has 0 aliphatic carbocycles. The molecule has 28 heavy (non-hydrogen) atoms. The van der Waals surface area contributed by atoms with Gasteiger partial charge in [-0.05, 0) is 31.2 Å². The molecule has 0 saturated carbocycles. The molecule has 2 aromatic carbocycles. The van der Waals surface area contributed by atoms with Crippen LogP contribution in [0.15, 0.2) is 42.5 Å². The van der Waals surface area contributed by atoms with Crippen molar-refractivity contribution in [3.63, 3.8) is 0 Å². The molecule has 6 nitrogen and oxygen atoms in total. The van der Waals surface area contributed by atoms with E-state index < -0.39 is 0 Å². The molecular weight excluding hydrogens is 376 g/mol. The number of carbonyl (C=O) groups is 2. The highest BCUT2D eigenvalue weighted by Crippen LogP contribution is 2.25. The van der Waals surface area contributed by atoms with Crippen molar-refractivity contribution < 1.29 is 19.1 Å². The lowest BCUT2D eigenvalue weighted by molar-refractivity contribution is -0.127. The van der Waals surface area contributed by atoms with Gasteiger partial charge in [-0.25, -0.2) is 0 Å². The van der Waals surface area contributed by atoms with Crippen molar-refractivity contribution in [3.8, 4) is 11.5 Å². The second-order valence-electron chi connectivity index (χ2n) is 6.33. The number of methoxy groups -OCH3 is 2. The van der Waals surface area contributed by atoms with E-state index in [-0.39, 0.29) is 23.3 Å². The summed E-state index contributed by atoms with van der Waals surface area (Å²) >= 11 is 1.29. The molecule has 0 spiro atoms. The number of ether oxygens (including phenoxy) is 2. The first-order chi connectivity index (χ1) is 13.4. The third kappa shape index (κ3) is 6.49. The molecule has 1 N–H and O–H groups in total. The van der Waals surface area contributed by atoms with Gasteiger partial charge in [-0.15, -0.1) is 11.8 Å². The van der Waals surface area contributed by atoms with Gasteiger partial charge in [-0.2, -0.15) is 0 Å². The van der Waals surface area contributed by atoms with Gasteiger partial charge in [0.25, 0.3) is 0 Å². The maximum absolute atomic E-state index is 12.4. The van der Waals surface area contributed by atoms with Gasteiger partial charge in [0.1, 0.15) is 11.5 Å². The number of nitrogens with zero attached hydrogens (tertiary/aromatic N) is 1. The number of thioether (sulfide) groups is 1. The van der Waals surface area contributed by atoms with Crippen LogP contribution in [-0.4, -0.2) is 49.5 Å². The quantitative estimate of drug-likeness (QED) is 0.697. The molecule has 0 radical (unpaired) electrons. The van der Waals surface area contributed by atoms with Crippen molar-refractivity contribution >= 4 is 29.3 Å². The lowest BCUT2D eigenvalue weighted by Gasteiger charge is -2.19. The van der Waals surface area contributed by atoms with E-state index in [0.29, 0.717) is 18.0 Å². The van der Waals surface area contributed by atoms with Gasteiger partial charge < -0.3 is 19.7 Å². The molecule has 7 heteroatoms. The fourth-order valence-corrected chi connectivity index (χ4v) is 3.26. The van der Waals surface area contributed by atoms with Gasteiger partial charge in [0.15, 0.2) is 0 Å². The van der Waals surface area contributed by atoms with E-state index in [1.165, 1.54) is 11.8 Å². The average Bonchev–Trinajstić information content (AvgIpc) is 2.69. The maximum Gasteiger partial charge on any atom is 0.234 e. The Morgan fingerprint density at radius 3 is 2.39 bits per heavy atom. The Morgan fingerprint density at radius 1 is 1.04 bits per heavy atom. The molecule has 0 bridgehead atoms. The Balaban J connectivity index is 1.79. The van der Waals surface area contributed by atoms with E-state index in [4.69, 9.17) is 9.47 Å². The zero-order valence-corrected chi connectivity index (χ0v) is 17.5. The van der Waals surface area contributed by atoms with E-state index in [9.17, 15) is 9.59 Å². The van der Waals surface area contributed by atoms with Crippen LogP contribution in [0.25, 0.3) is 0 Å². The highest BCUT2D eigenvalue weighted by molar-refractivity contribution is 8.00. The monoisotopic (exact) mass is 402 g/mol. The first-order valence-corrected chi connectivity index (χ1v) is 9.97. The SMILES string of the molecule is COc1ccc(CN(C)C(=O)CSCC(=O)Nc2ccc(C)cc2)c(OC)c1. The Hall–Kier alpha value is -2.67. The number of amides is 2. The first-order valence-electron chi connectivity index (χ1n) is 8.82. The van der Waals surface area contributed by atoms with Crippen LogP contribution in [0.4, 0.5) is 5.69 Å². The molecule has 2 aromatic rings. The van der Waals surface area contributed by atoms with Gasteiger partial charge in [-0.1, -0.05) is 17.7 Å². The zero-order valence-electron chi connectivity index (χ0n) is 16.7. The number of aryl methyl sites for hydroxylation is 1. The Labute approximate surface area is 170 Å². The summed E-state index contributed by atoms with van der Waals surface area (Å²) in [5.41, 5.74) is 2.78. The molecule has 0 aliphatic heterocycles. The van der Waals surface area contributed by atoms with Crippen molar-refractivity contribution in [2.45, 2.75) is 13.5 Å². The molecule has 0 saturated heterocycles. The van der Waals surface area contributed by atoms with Gasteiger partial charge in [0.05, 0.1) is 25.7 Å². The third-order valence-corrected chi connectivity index (χ3v) is 5.04. The summed E-state index contributed by atoms with van der Waals surface area (Å²) in [7, 11) is 4.91. The largest absolute Gasteiger partial charge is 0.497 e. The van der Waals surface area contributed by atoms with E-state index in [0.717, 1.165) is 16.8 Å². The summed E-state index contributed by atoms with van der Waals surface area (Å²) in [4.78, 5) is 26.0. The number of nitrogens with one attached hydrogen (secondary N) is 1. The predicted molar refractivity (Wildman–Crippen MR) is 113 cm³/mol. The highest BCUT2D eigenvalue weighted by atomic mass is 32.2. The van der Waals surface area contributed by atoms with Gasteiger partial charge in [-0.3, -0.25) is 9.59 Å². The molecule has 2 rings (SSSR count). The lowest BCUT2D eigenvalue weighted by atomic mass is 10.2. The number of rotatable bonds is 9. The summed E-state index contributed by atoms with van der Waals surface area (Å²) in [6.45, 7) is 2.41. The van der Waals surface area contributed by atoms with Gasteiger partial charge >= 0.3 is 0 Å². The maximum atomic E-state index is 12.4. The minimum absolute atomic E-state index is 0.0500. The summed E-state index contributed by atoms with van der Waals surface area (Å²) in [6.07, 6.45) is 0. The van der Waals surface area contributed by atoms with Crippen LogP contribution >= 0.6 is 11.8 Å². The van der Waals surface area contributed by atoms with E-state index in [2.05, 4.69) is 5.32 Å². The Morgan fingerprint density at radius 2 is 1.75 bits per heavy atom. The van der Waals surface area contributed by atoms with Crippen molar-refractivity contribution in [3.05, 3.63) is 53.6 Å². The molecule has 0 heterocycles. The number of anilines is 1. The highest BCUT2D eigenvalue weighted by Gasteiger charge is 2.14. The normalized spacial score (nSPS) is 10.3. The molecule has 0 aliphatic rings. The second-order valence-corrected chi connectivity index (χ2v) is 7.32. The summed E-state index contributed by atoms with van der Waals surface area (Å²) in [5.74, 6) is 1.65. The molecule has 0 fully saturated rings. The topological polar surface area (TPSA) is 67.9 Å². The minimum atomic E-state index is -0.124. The second kappa shape index (κ2) is 10.6. The Kier molecular flexibility index (Phi) is 8.19.